The number of hydrogen-bond donors (Lipinski definition) is 0. The number of thiophene rings is 1. The van der Waals surface area contributed by atoms with Gasteiger partial charge in [0.1, 0.15) is 4.88 Å². The van der Waals surface area contributed by atoms with Gasteiger partial charge in [0.05, 0.1) is 4.88 Å². The molecule has 2 aliphatic rings. The summed E-state index contributed by atoms with van der Waals surface area (Å²) in [6.45, 7) is 1.95. The molecule has 1 spiro atoms. The van der Waals surface area contributed by atoms with Crippen molar-refractivity contribution in [2.75, 3.05) is 13.1 Å². The summed E-state index contributed by atoms with van der Waals surface area (Å²) >= 11 is 4.40. The molecular formula is C14H14BrF2NO2S. The molecule has 3 rings (SSSR count). The summed E-state index contributed by atoms with van der Waals surface area (Å²) in [5.41, 5.74) is -0.364. The van der Waals surface area contributed by atoms with E-state index in [2.05, 4.69) is 15.9 Å². The van der Waals surface area contributed by atoms with Gasteiger partial charge in [-0.3, -0.25) is 9.59 Å². The van der Waals surface area contributed by atoms with Crippen molar-refractivity contribution in [2.45, 2.75) is 26.2 Å². The van der Waals surface area contributed by atoms with Crippen molar-refractivity contribution in [2.24, 2.45) is 11.3 Å². The molecule has 0 aromatic carbocycles. The molecule has 1 amide bonds. The van der Waals surface area contributed by atoms with E-state index in [0.29, 0.717) is 20.8 Å². The van der Waals surface area contributed by atoms with Gasteiger partial charge in [-0.25, -0.2) is 8.78 Å². The van der Waals surface area contributed by atoms with Gasteiger partial charge in [-0.2, -0.15) is 0 Å². The van der Waals surface area contributed by atoms with Crippen molar-refractivity contribution in [3.63, 3.8) is 0 Å². The van der Waals surface area contributed by atoms with E-state index in [1.165, 1.54) is 11.8 Å². The fourth-order valence-electron chi connectivity index (χ4n) is 3.02. The number of rotatable bonds is 3. The van der Waals surface area contributed by atoms with Crippen molar-refractivity contribution in [3.05, 3.63) is 20.3 Å². The number of alkyl halides is 2. The molecule has 3 nitrogen and oxygen atoms in total. The summed E-state index contributed by atoms with van der Waals surface area (Å²) in [4.78, 5) is 26.3. The molecule has 0 N–H and O–H groups in total. The Bertz CT molecular complexity index is 612. The van der Waals surface area contributed by atoms with E-state index in [1.54, 1.807) is 6.07 Å². The standard InChI is InChI=1S/C14H14BrF2NO2S/c1-7(19)10-4-9(15)11(21-10)13(20)18-5-8(12(16)17)14(6-18)2-3-14/h4,8,12H,2-3,5-6H2,1H3. The Morgan fingerprint density at radius 1 is 1.48 bits per heavy atom. The van der Waals surface area contributed by atoms with E-state index in [9.17, 15) is 18.4 Å². The molecule has 7 heteroatoms. The minimum Gasteiger partial charge on any atom is -0.337 e. The average Bonchev–Trinajstić information content (AvgIpc) is 2.89. The zero-order valence-corrected chi connectivity index (χ0v) is 13.8. The van der Waals surface area contributed by atoms with Crippen molar-refractivity contribution in [1.82, 2.24) is 4.90 Å². The third-order valence-electron chi connectivity index (χ3n) is 4.42. The summed E-state index contributed by atoms with van der Waals surface area (Å²) in [7, 11) is 0. The van der Waals surface area contributed by atoms with Crippen LogP contribution in [0.15, 0.2) is 10.5 Å². The quantitative estimate of drug-likeness (QED) is 0.750. The molecule has 2 heterocycles. The smallest absolute Gasteiger partial charge is 0.265 e. The zero-order chi connectivity index (χ0) is 15.4. The largest absolute Gasteiger partial charge is 0.337 e. The number of carbonyl (C=O) groups excluding carboxylic acids is 2. The van der Waals surface area contributed by atoms with Gasteiger partial charge in [-0.15, -0.1) is 11.3 Å². The molecule has 114 valence electrons. The van der Waals surface area contributed by atoms with Crippen LogP contribution >= 0.6 is 27.3 Å². The van der Waals surface area contributed by atoms with Crippen LogP contribution in [0, 0.1) is 11.3 Å². The highest BCUT2D eigenvalue weighted by Gasteiger charge is 2.59. The Labute approximate surface area is 133 Å². The lowest BCUT2D eigenvalue weighted by Gasteiger charge is -2.15. The van der Waals surface area contributed by atoms with Crippen LogP contribution in [-0.4, -0.2) is 36.1 Å². The SMILES string of the molecule is CC(=O)c1cc(Br)c(C(=O)N2CC(C(F)F)C3(CC3)C2)s1. The molecule has 1 aromatic heterocycles. The van der Waals surface area contributed by atoms with Crippen LogP contribution in [0.3, 0.4) is 0 Å². The number of nitrogens with zero attached hydrogens (tertiary/aromatic N) is 1. The molecule has 21 heavy (non-hydrogen) atoms. The highest BCUT2D eigenvalue weighted by atomic mass is 79.9. The number of hydrogen-bond acceptors (Lipinski definition) is 3. The van der Waals surface area contributed by atoms with E-state index in [0.717, 1.165) is 24.2 Å². The second kappa shape index (κ2) is 5.12. The van der Waals surface area contributed by atoms with Crippen molar-refractivity contribution in [1.29, 1.82) is 0 Å². The third-order valence-corrected chi connectivity index (χ3v) is 6.53. The summed E-state index contributed by atoms with van der Waals surface area (Å²) in [6, 6.07) is 1.62. The van der Waals surface area contributed by atoms with Crippen LogP contribution < -0.4 is 0 Å². The maximum atomic E-state index is 13.1. The topological polar surface area (TPSA) is 37.4 Å². The van der Waals surface area contributed by atoms with Crippen molar-refractivity contribution >= 4 is 39.0 Å². The molecule has 0 radical (unpaired) electrons. The van der Waals surface area contributed by atoms with Gasteiger partial charge in [-0.1, -0.05) is 0 Å². The van der Waals surface area contributed by atoms with E-state index in [4.69, 9.17) is 0 Å². The van der Waals surface area contributed by atoms with Crippen LogP contribution in [0.4, 0.5) is 8.78 Å². The number of Topliss-reactive ketones (excluding diaryl/α,β-unsaturated/α-hetero) is 1. The number of likely N-dealkylation sites (tertiary alicyclic amines) is 1. The number of ketones is 1. The van der Waals surface area contributed by atoms with Gasteiger partial charge in [0.15, 0.2) is 5.78 Å². The first kappa shape index (κ1) is 15.1. The minimum absolute atomic E-state index is 0.106. The first-order valence-corrected chi connectivity index (χ1v) is 8.33. The molecule has 1 aliphatic carbocycles. The second-order valence-electron chi connectivity index (χ2n) is 5.83. The van der Waals surface area contributed by atoms with Crippen LogP contribution in [0.1, 0.15) is 39.1 Å². The molecule has 1 unspecified atom stereocenters. The second-order valence-corrected chi connectivity index (χ2v) is 7.74. The maximum absolute atomic E-state index is 13.1. The molecule has 1 atom stereocenters. The third kappa shape index (κ3) is 2.54. The summed E-state index contributed by atoms with van der Waals surface area (Å²) in [6.07, 6.45) is -0.837. The molecule has 1 aromatic rings. The molecule has 0 bridgehead atoms. The monoisotopic (exact) mass is 377 g/mol. The highest BCUT2D eigenvalue weighted by molar-refractivity contribution is 9.10. The van der Waals surface area contributed by atoms with Crippen LogP contribution in [0.25, 0.3) is 0 Å². The lowest BCUT2D eigenvalue weighted by Crippen LogP contribution is -2.29. The van der Waals surface area contributed by atoms with Crippen LogP contribution in [0.2, 0.25) is 0 Å². The number of amides is 1. The first-order chi connectivity index (χ1) is 9.84. The Balaban J connectivity index is 1.82. The van der Waals surface area contributed by atoms with Crippen molar-refractivity contribution in [3.8, 4) is 0 Å². The van der Waals surface area contributed by atoms with Crippen LogP contribution in [-0.2, 0) is 0 Å². The van der Waals surface area contributed by atoms with Crippen molar-refractivity contribution < 1.29 is 18.4 Å². The molecular weight excluding hydrogens is 364 g/mol. The predicted octanol–water partition coefficient (Wildman–Crippen LogP) is 3.83. The lowest BCUT2D eigenvalue weighted by atomic mass is 9.93. The van der Waals surface area contributed by atoms with E-state index in [1.807, 2.05) is 0 Å². The van der Waals surface area contributed by atoms with Gasteiger partial charge < -0.3 is 4.90 Å². The zero-order valence-electron chi connectivity index (χ0n) is 11.4. The normalized spacial score (nSPS) is 23.1. The predicted molar refractivity (Wildman–Crippen MR) is 79.1 cm³/mol. The number of halogens is 3. The van der Waals surface area contributed by atoms with Gasteiger partial charge in [0.2, 0.25) is 6.43 Å². The fourth-order valence-corrected chi connectivity index (χ4v) is 4.72. The Morgan fingerprint density at radius 3 is 2.57 bits per heavy atom. The van der Waals surface area contributed by atoms with Gasteiger partial charge in [0.25, 0.3) is 5.91 Å². The summed E-state index contributed by atoms with van der Waals surface area (Å²) in [5.74, 6) is -1.08. The minimum atomic E-state index is -2.38. The van der Waals surface area contributed by atoms with E-state index >= 15 is 0 Å². The molecule has 1 aliphatic heterocycles. The lowest BCUT2D eigenvalue weighted by molar-refractivity contribution is 0.0541. The summed E-state index contributed by atoms with van der Waals surface area (Å²) in [5, 5.41) is 0. The number of carbonyl (C=O) groups is 2. The van der Waals surface area contributed by atoms with Gasteiger partial charge >= 0.3 is 0 Å². The summed E-state index contributed by atoms with van der Waals surface area (Å²) < 4.78 is 26.8. The Hall–Kier alpha value is -0.820. The van der Waals surface area contributed by atoms with Crippen LogP contribution in [0.5, 0.6) is 0 Å². The average molecular weight is 378 g/mol. The molecule has 1 saturated carbocycles. The maximum Gasteiger partial charge on any atom is 0.265 e. The first-order valence-electron chi connectivity index (χ1n) is 6.72. The van der Waals surface area contributed by atoms with Gasteiger partial charge in [-0.05, 0) is 47.2 Å². The Kier molecular flexibility index (Phi) is 3.68. The molecule has 2 fully saturated rings. The molecule has 1 saturated heterocycles. The fraction of sp³-hybridized carbons (Fsp3) is 0.571. The van der Waals surface area contributed by atoms with E-state index in [-0.39, 0.29) is 23.7 Å². The van der Waals surface area contributed by atoms with Gasteiger partial charge in [0, 0.05) is 23.5 Å². The highest BCUT2D eigenvalue weighted by Crippen LogP contribution is 2.58. The van der Waals surface area contributed by atoms with E-state index < -0.39 is 12.3 Å². The Morgan fingerprint density at radius 2 is 2.14 bits per heavy atom.